The largest absolute Gasteiger partial charge is 0.379 e. The summed E-state index contributed by atoms with van der Waals surface area (Å²) in [6, 6.07) is -2.24. The number of carbonyl (C=O) groups is 7. The van der Waals surface area contributed by atoms with Crippen LogP contribution in [0.2, 0.25) is 0 Å². The number of nitrogens with zero attached hydrogens (tertiary/aromatic N) is 1. The Labute approximate surface area is 275 Å². The Balaban J connectivity index is 2.03. The van der Waals surface area contributed by atoms with Crippen molar-refractivity contribution in [2.75, 3.05) is 72.5 Å². The maximum absolute atomic E-state index is 12.8. The van der Waals surface area contributed by atoms with Crippen molar-refractivity contribution in [1.29, 1.82) is 0 Å². The predicted molar refractivity (Wildman–Crippen MR) is 168 cm³/mol. The molecule has 0 saturated carbocycles. The van der Waals surface area contributed by atoms with E-state index in [4.69, 9.17) is 24.7 Å². The average Bonchev–Trinajstić information content (AvgIpc) is 3.33. The van der Waals surface area contributed by atoms with Crippen LogP contribution in [0.15, 0.2) is 0 Å². The van der Waals surface area contributed by atoms with Crippen LogP contribution in [0.25, 0.3) is 0 Å². The van der Waals surface area contributed by atoms with E-state index in [2.05, 4.69) is 21.3 Å². The van der Waals surface area contributed by atoms with Crippen molar-refractivity contribution in [1.82, 2.24) is 26.2 Å². The number of hydrogen-bond donors (Lipinski definition) is 5. The summed E-state index contributed by atoms with van der Waals surface area (Å²) in [6.45, 7) is 8.00. The summed E-state index contributed by atoms with van der Waals surface area (Å²) in [4.78, 5) is 84.0. The van der Waals surface area contributed by atoms with E-state index in [9.17, 15) is 33.6 Å². The van der Waals surface area contributed by atoms with Gasteiger partial charge in [-0.1, -0.05) is 13.8 Å². The molecular weight excluding hydrogens is 620 g/mol. The number of amides is 7. The van der Waals surface area contributed by atoms with Crippen molar-refractivity contribution >= 4 is 41.4 Å². The van der Waals surface area contributed by atoms with Gasteiger partial charge >= 0.3 is 6.03 Å². The summed E-state index contributed by atoms with van der Waals surface area (Å²) < 4.78 is 21.7. The van der Waals surface area contributed by atoms with Crippen LogP contribution < -0.4 is 27.0 Å². The number of likely N-dealkylation sites (tertiary alicyclic amines) is 1. The summed E-state index contributed by atoms with van der Waals surface area (Å²) in [5, 5.41) is 10.5. The Morgan fingerprint density at radius 1 is 0.745 bits per heavy atom. The molecule has 17 nitrogen and oxygen atoms in total. The molecule has 1 aliphatic rings. The first-order valence-corrected chi connectivity index (χ1v) is 16.0. The molecule has 2 atom stereocenters. The molecule has 0 unspecified atom stereocenters. The second-order valence-electron chi connectivity index (χ2n) is 11.1. The van der Waals surface area contributed by atoms with E-state index in [0.29, 0.717) is 59.0 Å². The van der Waals surface area contributed by atoms with Gasteiger partial charge in [0.05, 0.1) is 58.9 Å². The van der Waals surface area contributed by atoms with Gasteiger partial charge in [0, 0.05) is 45.3 Å². The zero-order chi connectivity index (χ0) is 35.0. The molecule has 0 radical (unpaired) electrons. The summed E-state index contributed by atoms with van der Waals surface area (Å²) >= 11 is 0. The third-order valence-electron chi connectivity index (χ3n) is 6.92. The van der Waals surface area contributed by atoms with Gasteiger partial charge in [-0.2, -0.15) is 0 Å². The Morgan fingerprint density at radius 2 is 1.30 bits per heavy atom. The molecule has 0 bridgehead atoms. The number of ether oxygens (including phenoxy) is 4. The number of primary amides is 1. The van der Waals surface area contributed by atoms with Crippen LogP contribution in [0.4, 0.5) is 4.79 Å². The maximum atomic E-state index is 12.8. The van der Waals surface area contributed by atoms with Crippen molar-refractivity contribution in [2.45, 2.75) is 71.4 Å². The fourth-order valence-electron chi connectivity index (χ4n) is 4.30. The second kappa shape index (κ2) is 24.5. The van der Waals surface area contributed by atoms with Crippen LogP contribution in [0.3, 0.4) is 0 Å². The molecule has 7 amide bonds. The van der Waals surface area contributed by atoms with Crippen molar-refractivity contribution in [3.05, 3.63) is 0 Å². The summed E-state index contributed by atoms with van der Waals surface area (Å²) in [5.41, 5.74) is 5.03. The van der Waals surface area contributed by atoms with E-state index in [1.165, 1.54) is 6.92 Å². The number of urea groups is 1. The molecule has 1 heterocycles. The molecule has 17 heteroatoms. The number of hydrogen-bond acceptors (Lipinski definition) is 11. The van der Waals surface area contributed by atoms with E-state index in [1.54, 1.807) is 13.8 Å². The lowest BCUT2D eigenvalue weighted by atomic mass is 10.0. The fraction of sp³-hybridized carbons (Fsp3) is 0.767. The van der Waals surface area contributed by atoms with E-state index < -0.39 is 24.0 Å². The van der Waals surface area contributed by atoms with Crippen LogP contribution in [0, 0.1) is 5.92 Å². The van der Waals surface area contributed by atoms with Gasteiger partial charge in [-0.05, 0) is 25.7 Å². The maximum Gasteiger partial charge on any atom is 0.312 e. The average molecular weight is 673 g/mol. The van der Waals surface area contributed by atoms with Crippen molar-refractivity contribution < 1.29 is 52.5 Å². The summed E-state index contributed by atoms with van der Waals surface area (Å²) in [6.07, 6.45) is 1.28. The van der Waals surface area contributed by atoms with E-state index >= 15 is 0 Å². The standard InChI is InChI=1S/C30H52N6O11/c1-21(2)28(29(42)34-23(22(3)37)5-4-10-33-30(31)43)35-25(39)9-13-44-15-17-46-19-20-47-18-16-45-14-11-32-24(38)8-12-36-26(40)6-7-27(36)41/h21,23,28H,4-20H2,1-3H3,(H,32,38)(H,34,42)(H,35,39)(H3,31,33,43)/t23-,28-/m0/s1. The van der Waals surface area contributed by atoms with Crippen LogP contribution >= 0.6 is 0 Å². The fourth-order valence-corrected chi connectivity index (χ4v) is 4.30. The zero-order valence-corrected chi connectivity index (χ0v) is 27.8. The van der Waals surface area contributed by atoms with Crippen molar-refractivity contribution in [3.63, 3.8) is 0 Å². The highest BCUT2D eigenvalue weighted by Gasteiger charge is 2.29. The van der Waals surface area contributed by atoms with Gasteiger partial charge in [-0.25, -0.2) is 4.79 Å². The monoisotopic (exact) mass is 672 g/mol. The first kappa shape index (κ1) is 41.4. The minimum atomic E-state index is -0.833. The number of imide groups is 1. The zero-order valence-electron chi connectivity index (χ0n) is 27.8. The molecule has 1 aliphatic heterocycles. The molecule has 0 aromatic heterocycles. The van der Waals surface area contributed by atoms with E-state index in [1.807, 2.05) is 0 Å². The van der Waals surface area contributed by atoms with Crippen LogP contribution in [0.5, 0.6) is 0 Å². The Morgan fingerprint density at radius 3 is 1.83 bits per heavy atom. The molecule has 0 aliphatic carbocycles. The number of nitrogens with two attached hydrogens (primary N) is 1. The lowest BCUT2D eigenvalue weighted by Gasteiger charge is -2.24. The number of nitrogens with one attached hydrogen (secondary N) is 4. The first-order chi connectivity index (χ1) is 22.4. The first-order valence-electron chi connectivity index (χ1n) is 16.0. The number of ketones is 1. The lowest BCUT2D eigenvalue weighted by Crippen LogP contribution is -2.53. The molecule has 0 aromatic carbocycles. The van der Waals surface area contributed by atoms with Crippen LogP contribution in [-0.2, 0) is 47.7 Å². The lowest BCUT2D eigenvalue weighted by molar-refractivity contribution is -0.138. The van der Waals surface area contributed by atoms with Crippen molar-refractivity contribution in [3.8, 4) is 0 Å². The van der Waals surface area contributed by atoms with E-state index in [-0.39, 0.29) is 87.3 Å². The minimum absolute atomic E-state index is 0.0405. The normalized spacial score (nSPS) is 14.2. The molecule has 6 N–H and O–H groups in total. The van der Waals surface area contributed by atoms with Gasteiger partial charge in [0.15, 0.2) is 5.78 Å². The van der Waals surface area contributed by atoms with Gasteiger partial charge in [0.1, 0.15) is 6.04 Å². The highest BCUT2D eigenvalue weighted by atomic mass is 16.6. The smallest absolute Gasteiger partial charge is 0.312 e. The van der Waals surface area contributed by atoms with Crippen LogP contribution in [0.1, 0.15) is 59.3 Å². The van der Waals surface area contributed by atoms with Gasteiger partial charge in [-0.3, -0.25) is 33.7 Å². The Bertz CT molecular complexity index is 1010. The molecule has 0 spiro atoms. The molecular formula is C30H52N6O11. The van der Waals surface area contributed by atoms with Gasteiger partial charge < -0.3 is 45.9 Å². The number of carbonyl (C=O) groups excluding carboxylic acids is 7. The highest BCUT2D eigenvalue weighted by molar-refractivity contribution is 6.02. The molecule has 268 valence electrons. The van der Waals surface area contributed by atoms with Gasteiger partial charge in [0.2, 0.25) is 29.5 Å². The molecule has 1 saturated heterocycles. The summed E-state index contributed by atoms with van der Waals surface area (Å²) in [7, 11) is 0. The Kier molecular flexibility index (Phi) is 21.6. The molecule has 47 heavy (non-hydrogen) atoms. The third-order valence-corrected chi connectivity index (χ3v) is 6.92. The van der Waals surface area contributed by atoms with Gasteiger partial charge in [-0.15, -0.1) is 0 Å². The molecule has 1 rings (SSSR count). The second-order valence-corrected chi connectivity index (χ2v) is 11.1. The topological polar surface area (TPSA) is 234 Å². The SMILES string of the molecule is CC(=O)[C@H](CCCNC(N)=O)NC(=O)[C@@H](NC(=O)CCOCCOCCOCCOCCNC(=O)CCN1C(=O)CCC1=O)C(C)C. The predicted octanol–water partition coefficient (Wildman–Crippen LogP) is -1.24. The number of Topliss-reactive ketones (excluding diaryl/α,β-unsaturated/α-hetero) is 1. The third kappa shape index (κ3) is 19.6. The summed E-state index contributed by atoms with van der Waals surface area (Å²) in [5.74, 6) is -2.02. The van der Waals surface area contributed by atoms with Gasteiger partial charge in [0.25, 0.3) is 0 Å². The van der Waals surface area contributed by atoms with Crippen LogP contribution in [-0.4, -0.2) is 131 Å². The highest BCUT2D eigenvalue weighted by Crippen LogP contribution is 2.11. The molecule has 0 aromatic rings. The minimum Gasteiger partial charge on any atom is -0.379 e. The Hall–Kier alpha value is -3.67. The van der Waals surface area contributed by atoms with Crippen molar-refractivity contribution in [2.24, 2.45) is 11.7 Å². The number of rotatable bonds is 27. The quantitative estimate of drug-likeness (QED) is 0.0511. The van der Waals surface area contributed by atoms with E-state index in [0.717, 1.165) is 4.90 Å². The molecule has 1 fully saturated rings.